The second kappa shape index (κ2) is 12.4. The zero-order chi connectivity index (χ0) is 28.2. The summed E-state index contributed by atoms with van der Waals surface area (Å²) in [6.45, 7) is 6.48. The van der Waals surface area contributed by atoms with Crippen LogP contribution in [0.15, 0.2) is 36.5 Å². The minimum Gasteiger partial charge on any atom is -0.477 e. The van der Waals surface area contributed by atoms with Gasteiger partial charge in [-0.2, -0.15) is 0 Å². The maximum Gasteiger partial charge on any atom is 0.254 e. The van der Waals surface area contributed by atoms with Crippen molar-refractivity contribution in [1.82, 2.24) is 14.8 Å². The molecule has 0 aliphatic carbocycles. The molecule has 4 rings (SSSR count). The number of nitrogens with two attached hydrogens (primary N) is 1. The molecule has 2 fully saturated rings. The highest BCUT2D eigenvalue weighted by atomic mass is 19.1. The van der Waals surface area contributed by atoms with Crippen LogP contribution in [0.4, 0.5) is 8.78 Å². The molecule has 0 bridgehead atoms. The molecule has 2 aliphatic heterocycles. The molecule has 0 saturated carbocycles. The van der Waals surface area contributed by atoms with Crippen molar-refractivity contribution in [1.29, 1.82) is 0 Å². The van der Waals surface area contributed by atoms with E-state index in [0.29, 0.717) is 43.4 Å². The van der Waals surface area contributed by atoms with Crippen LogP contribution in [0.1, 0.15) is 56.3 Å². The largest absolute Gasteiger partial charge is 0.477 e. The molecule has 3 heterocycles. The van der Waals surface area contributed by atoms with Crippen LogP contribution in [0.5, 0.6) is 5.88 Å². The molecular formula is C29H38F2N4O4. The second-order valence-electron chi connectivity index (χ2n) is 10.7. The fraction of sp³-hybridized carbons (Fsp3) is 0.552. The number of aliphatic hydroxyl groups excluding tert-OH is 1. The Bertz CT molecular complexity index is 1150. The molecule has 0 radical (unpaired) electrons. The molecular weight excluding hydrogens is 506 g/mol. The number of amides is 2. The third-order valence-corrected chi connectivity index (χ3v) is 8.08. The highest BCUT2D eigenvalue weighted by molar-refractivity contribution is 5.98. The fourth-order valence-electron chi connectivity index (χ4n) is 5.37. The van der Waals surface area contributed by atoms with Crippen molar-refractivity contribution in [3.63, 3.8) is 0 Å². The third-order valence-electron chi connectivity index (χ3n) is 8.08. The standard InChI is InChI=1S/C29H38F2N4O4/c1-3-29(31,4-2)18-34-11-9-19(10-12-34)17-39-26-8-6-21(15-33-26)23-7-5-20(13-24(23)30)28(38)35-16-22(36)14-25(35)27(32)37/h5-8,13,15,19,22,25,36H,3-4,9-12,14,16-18H2,1-2H3,(H2,32,37)/t22-,25+/m1/s1. The molecule has 2 saturated heterocycles. The van der Waals surface area contributed by atoms with Crippen molar-refractivity contribution in [3.05, 3.63) is 47.9 Å². The lowest BCUT2D eigenvalue weighted by atomic mass is 9.94. The Labute approximate surface area is 228 Å². The van der Waals surface area contributed by atoms with Crippen molar-refractivity contribution < 1.29 is 28.2 Å². The van der Waals surface area contributed by atoms with Gasteiger partial charge in [0.25, 0.3) is 5.91 Å². The summed E-state index contributed by atoms with van der Waals surface area (Å²) < 4.78 is 35.6. The van der Waals surface area contributed by atoms with Gasteiger partial charge in [0.2, 0.25) is 11.8 Å². The number of pyridine rings is 1. The van der Waals surface area contributed by atoms with Gasteiger partial charge in [-0.15, -0.1) is 0 Å². The predicted octanol–water partition coefficient (Wildman–Crippen LogP) is 3.57. The Kier molecular flexibility index (Phi) is 9.17. The summed E-state index contributed by atoms with van der Waals surface area (Å²) in [4.78, 5) is 32.2. The Morgan fingerprint density at radius 1 is 1.18 bits per heavy atom. The lowest BCUT2D eigenvalue weighted by Crippen LogP contribution is -2.44. The molecule has 0 unspecified atom stereocenters. The van der Waals surface area contributed by atoms with Crippen LogP contribution in [0.25, 0.3) is 11.1 Å². The first kappa shape index (κ1) is 28.9. The van der Waals surface area contributed by atoms with Crippen LogP contribution in [0.2, 0.25) is 0 Å². The number of hydrogen-bond acceptors (Lipinski definition) is 6. The molecule has 8 nitrogen and oxygen atoms in total. The SMILES string of the molecule is CCC(F)(CC)CN1CCC(COc2ccc(-c3ccc(C(=O)N4C[C@H](O)C[C@H]4C(N)=O)cc3F)cn2)CC1. The van der Waals surface area contributed by atoms with Gasteiger partial charge in [-0.1, -0.05) is 19.9 Å². The van der Waals surface area contributed by atoms with E-state index < -0.39 is 35.4 Å². The van der Waals surface area contributed by atoms with Gasteiger partial charge in [0.1, 0.15) is 17.5 Å². The number of β-amino-alcohol motifs (C(OH)–C–C–N with tert-alkyl or cyclic N) is 1. The summed E-state index contributed by atoms with van der Waals surface area (Å²) in [6, 6.07) is 6.56. The Hall–Kier alpha value is -3.11. The minimum atomic E-state index is -1.12. The normalized spacial score (nSPS) is 20.8. The smallest absolute Gasteiger partial charge is 0.254 e. The van der Waals surface area contributed by atoms with E-state index in [4.69, 9.17) is 10.5 Å². The van der Waals surface area contributed by atoms with Crippen molar-refractivity contribution >= 4 is 11.8 Å². The number of carbonyl (C=O) groups is 2. The molecule has 1 aromatic heterocycles. The number of primary amides is 1. The number of halogens is 2. The first-order chi connectivity index (χ1) is 18.6. The summed E-state index contributed by atoms with van der Waals surface area (Å²) in [5.41, 5.74) is 5.11. The number of piperidine rings is 1. The van der Waals surface area contributed by atoms with E-state index in [-0.39, 0.29) is 24.1 Å². The molecule has 2 aromatic rings. The number of benzene rings is 1. The van der Waals surface area contributed by atoms with Crippen molar-refractivity contribution in [3.8, 4) is 17.0 Å². The number of nitrogens with zero attached hydrogens (tertiary/aromatic N) is 3. The van der Waals surface area contributed by atoms with Crippen LogP contribution in [-0.4, -0.2) is 82.3 Å². The van der Waals surface area contributed by atoms with Gasteiger partial charge >= 0.3 is 0 Å². The van der Waals surface area contributed by atoms with Gasteiger partial charge in [0.15, 0.2) is 0 Å². The second-order valence-corrected chi connectivity index (χ2v) is 10.7. The zero-order valence-corrected chi connectivity index (χ0v) is 22.6. The number of aromatic nitrogens is 1. The molecule has 2 atom stereocenters. The maximum absolute atomic E-state index is 15.0. The number of carbonyl (C=O) groups excluding carboxylic acids is 2. The highest BCUT2D eigenvalue weighted by Crippen LogP contribution is 2.28. The molecule has 212 valence electrons. The van der Waals surface area contributed by atoms with Crippen molar-refractivity contribution in [2.24, 2.45) is 11.7 Å². The van der Waals surface area contributed by atoms with E-state index in [1.807, 2.05) is 13.8 Å². The quantitative estimate of drug-likeness (QED) is 0.474. The van der Waals surface area contributed by atoms with Gasteiger partial charge in [-0.25, -0.2) is 13.8 Å². The summed E-state index contributed by atoms with van der Waals surface area (Å²) in [7, 11) is 0. The summed E-state index contributed by atoms with van der Waals surface area (Å²) in [5, 5.41) is 9.85. The topological polar surface area (TPSA) is 109 Å². The molecule has 2 aliphatic rings. The van der Waals surface area contributed by atoms with E-state index in [1.54, 1.807) is 12.1 Å². The van der Waals surface area contributed by atoms with Crippen LogP contribution in [0, 0.1) is 11.7 Å². The number of rotatable bonds is 10. The molecule has 3 N–H and O–H groups in total. The van der Waals surface area contributed by atoms with Crippen LogP contribution in [0.3, 0.4) is 0 Å². The van der Waals surface area contributed by atoms with Crippen LogP contribution >= 0.6 is 0 Å². The number of hydrogen-bond donors (Lipinski definition) is 2. The van der Waals surface area contributed by atoms with E-state index in [0.717, 1.165) is 32.0 Å². The highest BCUT2D eigenvalue weighted by Gasteiger charge is 2.38. The maximum atomic E-state index is 15.0. The van der Waals surface area contributed by atoms with Crippen LogP contribution < -0.4 is 10.5 Å². The minimum absolute atomic E-state index is 0.0314. The van der Waals surface area contributed by atoms with Gasteiger partial charge in [-0.3, -0.25) is 9.59 Å². The lowest BCUT2D eigenvalue weighted by molar-refractivity contribution is -0.121. The molecule has 0 spiro atoms. The predicted molar refractivity (Wildman–Crippen MR) is 143 cm³/mol. The molecule has 10 heteroatoms. The van der Waals surface area contributed by atoms with E-state index in [1.165, 1.54) is 23.2 Å². The number of alkyl halides is 1. The van der Waals surface area contributed by atoms with Gasteiger partial charge < -0.3 is 25.4 Å². The first-order valence-electron chi connectivity index (χ1n) is 13.7. The zero-order valence-electron chi connectivity index (χ0n) is 22.6. The van der Waals surface area contributed by atoms with Gasteiger partial charge in [-0.05, 0) is 62.9 Å². The summed E-state index contributed by atoms with van der Waals surface area (Å²) >= 11 is 0. The third kappa shape index (κ3) is 6.91. The first-order valence-corrected chi connectivity index (χ1v) is 13.7. The summed E-state index contributed by atoms with van der Waals surface area (Å²) in [5.74, 6) is -1.07. The number of ether oxygens (including phenoxy) is 1. The Balaban J connectivity index is 1.31. The Morgan fingerprint density at radius 3 is 2.49 bits per heavy atom. The van der Waals surface area contributed by atoms with Crippen molar-refractivity contribution in [2.45, 2.75) is 63.8 Å². The van der Waals surface area contributed by atoms with Crippen molar-refractivity contribution in [2.75, 3.05) is 32.8 Å². The average molecular weight is 545 g/mol. The number of aliphatic hydroxyl groups is 1. The Morgan fingerprint density at radius 2 is 1.90 bits per heavy atom. The average Bonchev–Trinajstić information content (AvgIpc) is 3.34. The lowest BCUT2D eigenvalue weighted by Gasteiger charge is -2.36. The molecule has 39 heavy (non-hydrogen) atoms. The monoisotopic (exact) mass is 544 g/mol. The summed E-state index contributed by atoms with van der Waals surface area (Å²) in [6.07, 6.45) is 3.68. The molecule has 2 amide bonds. The number of likely N-dealkylation sites (tertiary alicyclic amines) is 2. The molecule has 1 aromatic carbocycles. The fourth-order valence-corrected chi connectivity index (χ4v) is 5.37. The van der Waals surface area contributed by atoms with Gasteiger partial charge in [0, 0.05) is 48.5 Å². The van der Waals surface area contributed by atoms with E-state index in [9.17, 15) is 23.5 Å². The van der Waals surface area contributed by atoms with Crippen LogP contribution in [-0.2, 0) is 4.79 Å². The van der Waals surface area contributed by atoms with Gasteiger partial charge in [0.05, 0.1) is 12.7 Å². The van der Waals surface area contributed by atoms with E-state index in [2.05, 4.69) is 9.88 Å². The van der Waals surface area contributed by atoms with E-state index >= 15 is 0 Å².